The normalized spacial score (nSPS) is 16.3. The summed E-state index contributed by atoms with van der Waals surface area (Å²) in [7, 11) is 0. The zero-order valence-corrected chi connectivity index (χ0v) is 9.74. The Kier molecular flexibility index (Phi) is 2.52. The lowest BCUT2D eigenvalue weighted by atomic mass is 10.2. The molecule has 1 aliphatic heterocycles. The van der Waals surface area contributed by atoms with Gasteiger partial charge in [0, 0.05) is 11.1 Å². The van der Waals surface area contributed by atoms with E-state index in [9.17, 15) is 15.0 Å². The van der Waals surface area contributed by atoms with Gasteiger partial charge in [0.25, 0.3) is 6.29 Å². The molecule has 0 aromatic heterocycles. The molecule has 0 aliphatic carbocycles. The summed E-state index contributed by atoms with van der Waals surface area (Å²) in [5, 5.41) is 18.7. The molecule has 5 heteroatoms. The van der Waals surface area contributed by atoms with Crippen molar-refractivity contribution in [1.82, 2.24) is 0 Å². The maximum atomic E-state index is 10.7. The van der Waals surface area contributed by atoms with E-state index >= 15 is 0 Å². The first-order valence-corrected chi connectivity index (χ1v) is 5.62. The highest BCUT2D eigenvalue weighted by atomic mass is 16.7. The van der Waals surface area contributed by atoms with Crippen LogP contribution in [0.5, 0.6) is 23.0 Å². The molecule has 0 amide bonds. The van der Waals surface area contributed by atoms with Gasteiger partial charge in [-0.1, -0.05) is 0 Å². The highest BCUT2D eigenvalue weighted by molar-refractivity contribution is 5.76. The Labute approximate surface area is 108 Å². The van der Waals surface area contributed by atoms with Gasteiger partial charge >= 0.3 is 0 Å². The van der Waals surface area contributed by atoms with E-state index in [4.69, 9.17) is 9.47 Å². The fourth-order valence-corrected chi connectivity index (χ4v) is 1.87. The van der Waals surface area contributed by atoms with Crippen LogP contribution in [0.25, 0.3) is 0 Å². The van der Waals surface area contributed by atoms with Gasteiger partial charge in [-0.25, -0.2) is 0 Å². The van der Waals surface area contributed by atoms with Crippen molar-refractivity contribution >= 4 is 6.29 Å². The molecule has 1 heterocycles. The van der Waals surface area contributed by atoms with E-state index in [0.717, 1.165) is 6.29 Å². The maximum absolute atomic E-state index is 10.7. The number of carbonyl (C=O) groups is 1. The summed E-state index contributed by atoms with van der Waals surface area (Å²) in [6.07, 6.45) is 0.0204. The summed E-state index contributed by atoms with van der Waals surface area (Å²) < 4.78 is 11.1. The van der Waals surface area contributed by atoms with Crippen molar-refractivity contribution in [3.05, 3.63) is 47.5 Å². The maximum Gasteiger partial charge on any atom is 0.268 e. The Morgan fingerprint density at radius 3 is 2.47 bits per heavy atom. The van der Waals surface area contributed by atoms with Crippen LogP contribution in [0, 0.1) is 0 Å². The van der Waals surface area contributed by atoms with Crippen molar-refractivity contribution in [2.75, 3.05) is 0 Å². The Bertz CT molecular complexity index is 650. The van der Waals surface area contributed by atoms with Crippen LogP contribution in [0.3, 0.4) is 0 Å². The number of ether oxygens (including phenoxy) is 2. The van der Waals surface area contributed by atoms with Crippen LogP contribution in [0.2, 0.25) is 0 Å². The van der Waals surface area contributed by atoms with Crippen LogP contribution in [0.15, 0.2) is 36.4 Å². The van der Waals surface area contributed by atoms with Gasteiger partial charge in [-0.15, -0.1) is 0 Å². The Balaban J connectivity index is 1.90. The molecule has 0 saturated carbocycles. The lowest BCUT2D eigenvalue weighted by Gasteiger charge is -2.11. The number of aromatic hydroxyl groups is 2. The minimum Gasteiger partial charge on any atom is -0.504 e. The number of benzene rings is 2. The predicted molar refractivity (Wildman–Crippen MR) is 65.6 cm³/mol. The second kappa shape index (κ2) is 4.20. The summed E-state index contributed by atoms with van der Waals surface area (Å²) >= 11 is 0. The van der Waals surface area contributed by atoms with E-state index in [2.05, 4.69) is 0 Å². The molecule has 0 bridgehead atoms. The molecule has 0 fully saturated rings. The summed E-state index contributed by atoms with van der Waals surface area (Å²) in [4.78, 5) is 10.7. The first-order chi connectivity index (χ1) is 9.17. The third kappa shape index (κ3) is 1.95. The standard InChI is InChI=1S/C14H10O5/c15-7-8-1-4-12-13(5-8)19-14(18-12)9-2-3-10(16)11(17)6-9/h1-7,14,16-17H/t14-/m1/s1. The highest BCUT2D eigenvalue weighted by Gasteiger charge is 2.26. The first-order valence-electron chi connectivity index (χ1n) is 5.62. The molecule has 0 spiro atoms. The highest BCUT2D eigenvalue weighted by Crippen LogP contribution is 2.41. The van der Waals surface area contributed by atoms with Crippen LogP contribution in [-0.4, -0.2) is 16.5 Å². The molecule has 2 aromatic rings. The largest absolute Gasteiger partial charge is 0.504 e. The number of fused-ring (bicyclic) bond motifs is 1. The molecule has 2 aromatic carbocycles. The summed E-state index contributed by atoms with van der Waals surface area (Å²) in [5.41, 5.74) is 1.07. The lowest BCUT2D eigenvalue weighted by molar-refractivity contribution is 0.0484. The molecule has 1 atom stereocenters. The van der Waals surface area contributed by atoms with Crippen molar-refractivity contribution in [1.29, 1.82) is 0 Å². The number of hydrogen-bond donors (Lipinski definition) is 2. The van der Waals surface area contributed by atoms with E-state index in [1.807, 2.05) is 0 Å². The number of hydrogen-bond acceptors (Lipinski definition) is 5. The molecular formula is C14H10O5. The molecule has 19 heavy (non-hydrogen) atoms. The SMILES string of the molecule is O=Cc1ccc2c(c1)O[C@H](c1ccc(O)c(O)c1)O2. The molecular weight excluding hydrogens is 248 g/mol. The molecule has 1 aliphatic rings. The Hall–Kier alpha value is -2.69. The van der Waals surface area contributed by atoms with Crippen LogP contribution in [0.1, 0.15) is 22.2 Å². The van der Waals surface area contributed by atoms with Crippen LogP contribution in [0.4, 0.5) is 0 Å². The number of phenols is 2. The predicted octanol–water partition coefficient (Wildman–Crippen LogP) is 2.38. The van der Waals surface area contributed by atoms with Crippen LogP contribution in [-0.2, 0) is 0 Å². The van der Waals surface area contributed by atoms with Crippen LogP contribution >= 0.6 is 0 Å². The van der Waals surface area contributed by atoms with E-state index in [1.54, 1.807) is 24.3 Å². The minimum absolute atomic E-state index is 0.206. The fourth-order valence-electron chi connectivity index (χ4n) is 1.87. The van der Waals surface area contributed by atoms with Crippen molar-refractivity contribution in [2.45, 2.75) is 6.29 Å². The third-order valence-electron chi connectivity index (χ3n) is 2.84. The average Bonchev–Trinajstić information content (AvgIpc) is 2.84. The van der Waals surface area contributed by atoms with Crippen molar-refractivity contribution < 1.29 is 24.5 Å². The number of aldehydes is 1. The quantitative estimate of drug-likeness (QED) is 0.639. The molecule has 0 unspecified atom stereocenters. The fraction of sp³-hybridized carbons (Fsp3) is 0.0714. The Morgan fingerprint density at radius 1 is 0.947 bits per heavy atom. The lowest BCUT2D eigenvalue weighted by Crippen LogP contribution is -2.07. The second-order valence-corrected chi connectivity index (χ2v) is 4.14. The zero-order chi connectivity index (χ0) is 13.4. The van der Waals surface area contributed by atoms with Crippen molar-refractivity contribution in [2.24, 2.45) is 0 Å². The van der Waals surface area contributed by atoms with E-state index < -0.39 is 6.29 Å². The summed E-state index contributed by atoms with van der Waals surface area (Å²) in [5.74, 6) is 0.557. The van der Waals surface area contributed by atoms with Crippen LogP contribution < -0.4 is 9.47 Å². The molecule has 3 rings (SSSR count). The molecule has 5 nitrogen and oxygen atoms in total. The van der Waals surface area contributed by atoms with Crippen molar-refractivity contribution in [3.8, 4) is 23.0 Å². The minimum atomic E-state index is -0.705. The van der Waals surface area contributed by atoms with Gasteiger partial charge in [-0.3, -0.25) is 4.79 Å². The first kappa shape index (κ1) is 11.4. The monoisotopic (exact) mass is 258 g/mol. The zero-order valence-electron chi connectivity index (χ0n) is 9.74. The van der Waals surface area contributed by atoms with Gasteiger partial charge in [0.1, 0.15) is 6.29 Å². The smallest absolute Gasteiger partial charge is 0.268 e. The average molecular weight is 258 g/mol. The number of phenolic OH excluding ortho intramolecular Hbond substituents is 2. The van der Waals surface area contributed by atoms with Gasteiger partial charge in [0.2, 0.25) is 0 Å². The van der Waals surface area contributed by atoms with E-state index in [1.165, 1.54) is 12.1 Å². The number of rotatable bonds is 2. The van der Waals surface area contributed by atoms with Gasteiger partial charge < -0.3 is 19.7 Å². The van der Waals surface area contributed by atoms with E-state index in [-0.39, 0.29) is 11.5 Å². The molecule has 0 saturated heterocycles. The van der Waals surface area contributed by atoms with Crippen molar-refractivity contribution in [3.63, 3.8) is 0 Å². The van der Waals surface area contributed by atoms with Gasteiger partial charge in [-0.05, 0) is 36.4 Å². The molecule has 96 valence electrons. The van der Waals surface area contributed by atoms with E-state index in [0.29, 0.717) is 22.6 Å². The topological polar surface area (TPSA) is 76.0 Å². The second-order valence-electron chi connectivity index (χ2n) is 4.14. The third-order valence-corrected chi connectivity index (χ3v) is 2.84. The molecule has 0 radical (unpaired) electrons. The molecule has 2 N–H and O–H groups in total. The Morgan fingerprint density at radius 2 is 1.74 bits per heavy atom. The number of carbonyl (C=O) groups excluding carboxylic acids is 1. The van der Waals surface area contributed by atoms with Gasteiger partial charge in [0.05, 0.1) is 0 Å². The van der Waals surface area contributed by atoms with Gasteiger partial charge in [-0.2, -0.15) is 0 Å². The van der Waals surface area contributed by atoms with Gasteiger partial charge in [0.15, 0.2) is 23.0 Å². The summed E-state index contributed by atoms with van der Waals surface area (Å²) in [6, 6.07) is 9.18. The summed E-state index contributed by atoms with van der Waals surface area (Å²) in [6.45, 7) is 0.